The second-order valence-corrected chi connectivity index (χ2v) is 27.7. The summed E-state index contributed by atoms with van der Waals surface area (Å²) in [5.74, 6) is 0.235. The van der Waals surface area contributed by atoms with Gasteiger partial charge in [-0.2, -0.15) is 8.75 Å². The highest BCUT2D eigenvalue weighted by molar-refractivity contribution is 7.99. The van der Waals surface area contributed by atoms with E-state index in [1.54, 1.807) is 0 Å². The number of rotatable bonds is 16. The maximum absolute atomic E-state index is 17.4. The van der Waals surface area contributed by atoms with Crippen molar-refractivity contribution in [2.24, 2.45) is 0 Å². The quantitative estimate of drug-likeness (QED) is 0.0749. The molecule has 0 radical (unpaired) electrons. The molecule has 0 saturated heterocycles. The molecule has 1 aromatic carbocycles. The minimum absolute atomic E-state index is 0.0314. The third-order valence-electron chi connectivity index (χ3n) is 17.9. The zero-order valence-electron chi connectivity index (χ0n) is 42.4. The molecule has 5 aromatic heterocycles. The number of fused-ring (bicyclic) bond motifs is 7. The molecule has 0 aliphatic carbocycles. The van der Waals surface area contributed by atoms with E-state index in [1.807, 2.05) is 66.1 Å². The van der Waals surface area contributed by atoms with Crippen LogP contribution >= 0.6 is 82.3 Å². The Balaban J connectivity index is 1.26. The molecule has 364 valence electrons. The van der Waals surface area contributed by atoms with Crippen molar-refractivity contribution < 1.29 is 18.3 Å². The highest BCUT2D eigenvalue weighted by Crippen LogP contribution is 2.64. The average Bonchev–Trinajstić information content (AvgIpc) is 4.16. The Hall–Kier alpha value is -2.00. The molecule has 0 saturated carbocycles. The van der Waals surface area contributed by atoms with Gasteiger partial charge < -0.3 is 9.47 Å². The van der Waals surface area contributed by atoms with Gasteiger partial charge in [-0.1, -0.05) is 96.9 Å². The molecule has 7 heterocycles. The van der Waals surface area contributed by atoms with Gasteiger partial charge in [0.1, 0.15) is 28.1 Å². The summed E-state index contributed by atoms with van der Waals surface area (Å²) in [5.41, 5.74) is 0.801. The summed E-state index contributed by atoms with van der Waals surface area (Å²) in [5, 5.41) is 0. The summed E-state index contributed by atoms with van der Waals surface area (Å²) in [7, 11) is 0. The molecule has 2 aliphatic rings. The van der Waals surface area contributed by atoms with Gasteiger partial charge in [-0.15, -0.1) is 70.6 Å². The average molecular weight is 1040 g/mol. The van der Waals surface area contributed by atoms with Gasteiger partial charge in [0.15, 0.2) is 11.6 Å². The van der Waals surface area contributed by atoms with Crippen molar-refractivity contribution in [2.45, 2.75) is 205 Å². The lowest BCUT2D eigenvalue weighted by Gasteiger charge is -2.48. The fraction of sp³-hybridized carbons (Fsp3) is 0.593. The molecule has 67 heavy (non-hydrogen) atoms. The van der Waals surface area contributed by atoms with E-state index in [2.05, 4.69) is 114 Å². The minimum Gasteiger partial charge on any atom is -0.482 e. The van der Waals surface area contributed by atoms with E-state index in [9.17, 15) is 0 Å². The van der Waals surface area contributed by atoms with Gasteiger partial charge in [0.2, 0.25) is 4.27 Å². The molecule has 0 bridgehead atoms. The molecular weight excluding hydrogens is 971 g/mol. The molecule has 0 fully saturated rings. The third-order valence-corrected chi connectivity index (χ3v) is 25.1. The van der Waals surface area contributed by atoms with Gasteiger partial charge in [0.25, 0.3) is 0 Å². The normalized spacial score (nSPS) is 18.3. The Morgan fingerprint density at radius 1 is 0.522 bits per heavy atom. The van der Waals surface area contributed by atoms with E-state index in [1.165, 1.54) is 29.3 Å². The Morgan fingerprint density at radius 2 is 0.955 bits per heavy atom. The zero-order valence-corrected chi connectivity index (χ0v) is 48.2. The lowest BCUT2D eigenvalue weighted by atomic mass is 9.55. The van der Waals surface area contributed by atoms with Crippen LogP contribution < -0.4 is 9.47 Å². The number of ether oxygens (including phenoxy) is 2. The highest BCUT2D eigenvalue weighted by atomic mass is 32.2. The van der Waals surface area contributed by atoms with E-state index in [-0.39, 0.29) is 16.2 Å². The van der Waals surface area contributed by atoms with Crippen molar-refractivity contribution in [3.05, 3.63) is 77.7 Å². The van der Waals surface area contributed by atoms with Crippen LogP contribution in [0.4, 0.5) is 8.78 Å². The summed E-state index contributed by atoms with van der Waals surface area (Å²) < 4.78 is 56.5. The van der Waals surface area contributed by atoms with Gasteiger partial charge in [0.05, 0.1) is 31.2 Å². The fourth-order valence-corrected chi connectivity index (χ4v) is 18.9. The van der Waals surface area contributed by atoms with Gasteiger partial charge in [0, 0.05) is 63.4 Å². The molecule has 4 nitrogen and oxygen atoms in total. The molecule has 2 aliphatic heterocycles. The van der Waals surface area contributed by atoms with Crippen LogP contribution in [-0.4, -0.2) is 8.75 Å². The predicted molar refractivity (Wildman–Crippen MR) is 293 cm³/mol. The van der Waals surface area contributed by atoms with E-state index in [0.717, 1.165) is 63.4 Å². The Labute approximate surface area is 430 Å². The Kier molecular flexibility index (Phi) is 13.3. The Morgan fingerprint density at radius 3 is 1.48 bits per heavy atom. The number of thiophene rings is 4. The van der Waals surface area contributed by atoms with Crippen molar-refractivity contribution >= 4 is 93.4 Å². The van der Waals surface area contributed by atoms with Crippen LogP contribution in [0.15, 0.2) is 24.3 Å². The number of hydrogen-bond acceptors (Lipinski definition) is 11. The first-order valence-electron chi connectivity index (χ1n) is 24.4. The molecular formula is C54H70F2N2O2S7. The van der Waals surface area contributed by atoms with Crippen LogP contribution in [0.25, 0.3) is 30.5 Å². The summed E-state index contributed by atoms with van der Waals surface area (Å²) in [4.78, 5) is 9.76. The monoisotopic (exact) mass is 1040 g/mol. The van der Waals surface area contributed by atoms with E-state index >= 15 is 8.78 Å². The van der Waals surface area contributed by atoms with Gasteiger partial charge in [-0.25, -0.2) is 8.78 Å². The van der Waals surface area contributed by atoms with E-state index in [0.29, 0.717) is 54.3 Å². The van der Waals surface area contributed by atoms with E-state index in [4.69, 9.17) is 43.5 Å². The lowest BCUT2D eigenvalue weighted by molar-refractivity contribution is 0.106. The summed E-state index contributed by atoms with van der Waals surface area (Å²) >= 11 is 18.5. The van der Waals surface area contributed by atoms with E-state index < -0.39 is 37.7 Å². The largest absolute Gasteiger partial charge is 0.482 e. The van der Waals surface area contributed by atoms with Crippen LogP contribution in [0, 0.1) is 11.6 Å². The molecule has 0 amide bonds. The number of aromatic nitrogens is 2. The molecule has 13 heteroatoms. The summed E-state index contributed by atoms with van der Waals surface area (Å²) in [6.45, 7) is 35.5. The molecule has 6 aromatic rings. The summed E-state index contributed by atoms with van der Waals surface area (Å²) in [6.07, 6.45) is 6.10. The minimum atomic E-state index is -1.06. The number of hydrogen-bond donors (Lipinski definition) is 2. The standard InChI is InChI=1S/C54H70F2N2O2S7/c1-17-47(9,10)33-27-32-46(63-33)44-30(54(61,62)60-32)26-34(64-44)50(14,20-4)51(15,21-5)36-28-31-45(66-36)43-29(48(11,12)59-31)25-35(65-43)52(16,22-6)53(23-7,24-8)38-40(56)39(55)37(49(13,18-2)19-3)41-42(38)58-67-57-41/h25-28,61-62H,17-24H2,1-16H3. The molecule has 3 unspecified atom stereocenters. The van der Waals surface area contributed by atoms with Crippen molar-refractivity contribution in [3.8, 4) is 31.0 Å². The van der Waals surface area contributed by atoms with Crippen LogP contribution in [-0.2, 0) is 42.4 Å². The predicted octanol–water partition coefficient (Wildman–Crippen LogP) is 18.8. The summed E-state index contributed by atoms with van der Waals surface area (Å²) in [6, 6.07) is 9.18. The molecule has 0 spiro atoms. The number of nitrogens with zero attached hydrogens (tertiary/aromatic N) is 2. The first-order chi connectivity index (χ1) is 31.3. The highest BCUT2D eigenvalue weighted by Gasteiger charge is 2.54. The second kappa shape index (κ2) is 17.3. The van der Waals surface area contributed by atoms with Crippen molar-refractivity contribution in [3.63, 3.8) is 0 Å². The van der Waals surface area contributed by atoms with Crippen LogP contribution in [0.5, 0.6) is 11.5 Å². The van der Waals surface area contributed by atoms with Gasteiger partial charge >= 0.3 is 0 Å². The van der Waals surface area contributed by atoms with Gasteiger partial charge in [-0.05, 0) is 100 Å². The smallest absolute Gasteiger partial charge is 0.223 e. The first kappa shape index (κ1) is 51.4. The second-order valence-electron chi connectivity index (χ2n) is 21.3. The number of halogens is 2. The topological polar surface area (TPSA) is 44.2 Å². The zero-order chi connectivity index (χ0) is 49.2. The van der Waals surface area contributed by atoms with Crippen LogP contribution in [0.2, 0.25) is 0 Å². The SMILES string of the molecule is CCC(C)(C)c1cc2c(s1)-c1sc(C(C)(CC)C(C)(CC)c3cc4c(s3)-c3sc(C(C)(CC)C(CC)(CC)c5c(F)c(F)c(C(C)(CC)CC)c6nsnc56)cc3C(C)(C)O4)cc1C(S)(S)O2. The first-order valence-corrected chi connectivity index (χ1v) is 29.3. The van der Waals surface area contributed by atoms with Crippen LogP contribution in [0.3, 0.4) is 0 Å². The van der Waals surface area contributed by atoms with Crippen molar-refractivity contribution in [2.75, 3.05) is 0 Å². The Bertz CT molecular complexity index is 2850. The fourth-order valence-electron chi connectivity index (χ4n) is 11.5. The maximum Gasteiger partial charge on any atom is 0.223 e. The lowest BCUT2D eigenvalue weighted by Crippen LogP contribution is -2.47. The maximum atomic E-state index is 17.4. The van der Waals surface area contributed by atoms with Gasteiger partial charge in [-0.3, -0.25) is 0 Å². The van der Waals surface area contributed by atoms with Crippen molar-refractivity contribution in [1.82, 2.24) is 8.75 Å². The van der Waals surface area contributed by atoms with Crippen molar-refractivity contribution in [1.29, 1.82) is 0 Å². The molecule has 3 atom stereocenters. The van der Waals surface area contributed by atoms with Crippen LogP contribution in [0.1, 0.15) is 204 Å². The molecule has 8 rings (SSSR count). The third kappa shape index (κ3) is 7.27. The number of benzene rings is 1. The molecule has 0 N–H and O–H groups in total. The number of thiol groups is 2.